The van der Waals surface area contributed by atoms with Gasteiger partial charge in [0.2, 0.25) is 10.0 Å². The van der Waals surface area contributed by atoms with Crippen LogP contribution in [0.2, 0.25) is 0 Å². The Morgan fingerprint density at radius 3 is 2.17 bits per heavy atom. The van der Waals surface area contributed by atoms with Gasteiger partial charge in [-0.15, -0.1) is 0 Å². The molecule has 98 valence electrons. The maximum atomic E-state index is 13.4. The van der Waals surface area contributed by atoms with E-state index in [4.69, 9.17) is 5.26 Å². The van der Waals surface area contributed by atoms with Crippen molar-refractivity contribution in [1.82, 2.24) is 4.31 Å². The highest BCUT2D eigenvalue weighted by Crippen LogP contribution is 2.23. The molecule has 0 aliphatic heterocycles. The van der Waals surface area contributed by atoms with Gasteiger partial charge in [-0.1, -0.05) is 6.92 Å². The molecule has 0 N–H and O–H groups in total. The molecule has 0 aromatic heterocycles. The van der Waals surface area contributed by atoms with Crippen molar-refractivity contribution >= 4 is 10.0 Å². The fraction of sp³-hybridized carbons (Fsp3) is 0.300. The van der Waals surface area contributed by atoms with E-state index in [-0.39, 0.29) is 18.7 Å². The van der Waals surface area contributed by atoms with Crippen LogP contribution in [0.25, 0.3) is 0 Å². The Balaban J connectivity index is 3.42. The number of rotatable bonds is 4. The first-order valence-electron chi connectivity index (χ1n) is 4.86. The predicted octanol–water partition coefficient (Wildman–Crippen LogP) is 1.64. The maximum absolute atomic E-state index is 13.4. The molecule has 0 heterocycles. The van der Waals surface area contributed by atoms with Crippen molar-refractivity contribution < 1.29 is 21.6 Å². The zero-order valence-corrected chi connectivity index (χ0v) is 10.1. The lowest BCUT2D eigenvalue weighted by atomic mass is 10.3. The zero-order chi connectivity index (χ0) is 13.9. The van der Waals surface area contributed by atoms with Crippen molar-refractivity contribution in [3.05, 3.63) is 29.6 Å². The topological polar surface area (TPSA) is 61.2 Å². The van der Waals surface area contributed by atoms with Crippen molar-refractivity contribution in [3.63, 3.8) is 0 Å². The minimum absolute atomic E-state index is 0.133. The van der Waals surface area contributed by atoms with Gasteiger partial charge in [0.25, 0.3) is 0 Å². The van der Waals surface area contributed by atoms with Gasteiger partial charge < -0.3 is 0 Å². The third-order valence-electron chi connectivity index (χ3n) is 2.16. The van der Waals surface area contributed by atoms with Crippen LogP contribution in [0.1, 0.15) is 6.92 Å². The SMILES string of the molecule is CCN(CC#N)S(=O)(=O)c1c(F)cc(F)cc1F. The van der Waals surface area contributed by atoms with Gasteiger partial charge in [-0.3, -0.25) is 0 Å². The normalized spacial score (nSPS) is 11.6. The molecule has 0 atom stereocenters. The lowest BCUT2D eigenvalue weighted by Crippen LogP contribution is -2.32. The van der Waals surface area contributed by atoms with E-state index in [1.54, 1.807) is 6.07 Å². The summed E-state index contributed by atoms with van der Waals surface area (Å²) in [6.07, 6.45) is 0. The highest BCUT2D eigenvalue weighted by atomic mass is 32.2. The maximum Gasteiger partial charge on any atom is 0.249 e. The lowest BCUT2D eigenvalue weighted by molar-refractivity contribution is 0.441. The summed E-state index contributed by atoms with van der Waals surface area (Å²) < 4.78 is 63.8. The predicted molar refractivity (Wildman–Crippen MR) is 56.4 cm³/mol. The standard InChI is InChI=1S/C10H9F3N2O2S/c1-2-15(4-3-14)18(16,17)10-8(12)5-7(11)6-9(10)13/h5-6H,2,4H2,1H3. The molecular weight excluding hydrogens is 269 g/mol. The second-order valence-electron chi connectivity index (χ2n) is 3.29. The van der Waals surface area contributed by atoms with Crippen LogP contribution < -0.4 is 0 Å². The van der Waals surface area contributed by atoms with E-state index < -0.39 is 38.9 Å². The summed E-state index contributed by atoms with van der Waals surface area (Å²) in [7, 11) is -4.50. The fourth-order valence-electron chi connectivity index (χ4n) is 1.35. The van der Waals surface area contributed by atoms with Crippen molar-refractivity contribution in [2.75, 3.05) is 13.1 Å². The Kier molecular flexibility index (Phi) is 4.32. The quantitative estimate of drug-likeness (QED) is 0.787. The van der Waals surface area contributed by atoms with Gasteiger partial charge in [0.05, 0.1) is 6.07 Å². The molecular formula is C10H9F3N2O2S. The third-order valence-corrected chi connectivity index (χ3v) is 4.13. The molecule has 0 aliphatic carbocycles. The molecule has 0 radical (unpaired) electrons. The summed E-state index contributed by atoms with van der Waals surface area (Å²) in [5.41, 5.74) is 0. The first-order chi connectivity index (χ1) is 8.34. The third kappa shape index (κ3) is 2.63. The second-order valence-corrected chi connectivity index (χ2v) is 5.16. The van der Waals surface area contributed by atoms with E-state index >= 15 is 0 Å². The van der Waals surface area contributed by atoms with Gasteiger partial charge in [0.15, 0.2) is 4.90 Å². The fourth-order valence-corrected chi connectivity index (χ4v) is 2.79. The van der Waals surface area contributed by atoms with Gasteiger partial charge in [-0.2, -0.15) is 9.57 Å². The highest BCUT2D eigenvalue weighted by molar-refractivity contribution is 7.89. The number of halogens is 3. The summed E-state index contributed by atoms with van der Waals surface area (Å²) in [4.78, 5) is -1.25. The van der Waals surface area contributed by atoms with Crippen LogP contribution in [-0.2, 0) is 10.0 Å². The molecule has 0 saturated carbocycles. The van der Waals surface area contributed by atoms with Crippen molar-refractivity contribution in [2.45, 2.75) is 11.8 Å². The smallest absolute Gasteiger partial charge is 0.207 e. The Bertz CT molecular complexity index is 573. The highest BCUT2D eigenvalue weighted by Gasteiger charge is 2.30. The summed E-state index contributed by atoms with van der Waals surface area (Å²) in [5, 5.41) is 8.46. The number of nitriles is 1. The zero-order valence-electron chi connectivity index (χ0n) is 9.32. The van der Waals surface area contributed by atoms with Crippen LogP contribution in [0.4, 0.5) is 13.2 Å². The van der Waals surface area contributed by atoms with Crippen molar-refractivity contribution in [3.8, 4) is 6.07 Å². The average Bonchev–Trinajstić information content (AvgIpc) is 2.23. The summed E-state index contributed by atoms with van der Waals surface area (Å²) in [6, 6.07) is 2.12. The number of benzene rings is 1. The van der Waals surface area contributed by atoms with Crippen LogP contribution in [0, 0.1) is 28.8 Å². The first kappa shape index (κ1) is 14.5. The lowest BCUT2D eigenvalue weighted by Gasteiger charge is -2.17. The molecule has 8 heteroatoms. The molecule has 0 amide bonds. The van der Waals surface area contributed by atoms with Crippen LogP contribution >= 0.6 is 0 Å². The van der Waals surface area contributed by atoms with Crippen LogP contribution in [0.15, 0.2) is 17.0 Å². The summed E-state index contributed by atoms with van der Waals surface area (Å²) >= 11 is 0. The van der Waals surface area contributed by atoms with E-state index in [9.17, 15) is 21.6 Å². The monoisotopic (exact) mass is 278 g/mol. The molecule has 1 aromatic rings. The molecule has 1 rings (SSSR count). The Hall–Kier alpha value is -1.59. The van der Waals surface area contributed by atoms with Crippen LogP contribution in [-0.4, -0.2) is 25.8 Å². The average molecular weight is 278 g/mol. The molecule has 18 heavy (non-hydrogen) atoms. The Morgan fingerprint density at radius 1 is 1.28 bits per heavy atom. The summed E-state index contributed by atoms with van der Waals surface area (Å²) in [5.74, 6) is -4.26. The van der Waals surface area contributed by atoms with Gasteiger partial charge in [0.1, 0.15) is 24.0 Å². The van der Waals surface area contributed by atoms with Crippen LogP contribution in [0.5, 0.6) is 0 Å². The minimum atomic E-state index is -4.50. The molecule has 0 aliphatic rings. The number of sulfonamides is 1. The van der Waals surface area contributed by atoms with E-state index in [0.717, 1.165) is 0 Å². The molecule has 1 aromatic carbocycles. The second kappa shape index (κ2) is 5.37. The number of hydrogen-bond acceptors (Lipinski definition) is 3. The van der Waals surface area contributed by atoms with Gasteiger partial charge >= 0.3 is 0 Å². The van der Waals surface area contributed by atoms with E-state index in [1.165, 1.54) is 6.92 Å². The van der Waals surface area contributed by atoms with Gasteiger partial charge in [-0.05, 0) is 0 Å². The minimum Gasteiger partial charge on any atom is -0.207 e. The van der Waals surface area contributed by atoms with Crippen molar-refractivity contribution in [1.29, 1.82) is 5.26 Å². The molecule has 0 saturated heterocycles. The number of nitrogens with zero attached hydrogens (tertiary/aromatic N) is 2. The number of hydrogen-bond donors (Lipinski definition) is 0. The van der Waals surface area contributed by atoms with Crippen LogP contribution in [0.3, 0.4) is 0 Å². The Morgan fingerprint density at radius 2 is 1.78 bits per heavy atom. The van der Waals surface area contributed by atoms with E-state index in [0.29, 0.717) is 4.31 Å². The molecule has 0 fully saturated rings. The molecule has 4 nitrogen and oxygen atoms in total. The van der Waals surface area contributed by atoms with Gasteiger partial charge in [0, 0.05) is 18.7 Å². The molecule has 0 bridgehead atoms. The van der Waals surface area contributed by atoms with Gasteiger partial charge in [-0.25, -0.2) is 21.6 Å². The largest absolute Gasteiger partial charge is 0.249 e. The first-order valence-corrected chi connectivity index (χ1v) is 6.30. The van der Waals surface area contributed by atoms with E-state index in [1.807, 2.05) is 0 Å². The molecule has 0 spiro atoms. The molecule has 0 unspecified atom stereocenters. The van der Waals surface area contributed by atoms with Crippen molar-refractivity contribution in [2.24, 2.45) is 0 Å². The Labute approximate surface area is 102 Å². The van der Waals surface area contributed by atoms with E-state index in [2.05, 4.69) is 0 Å². The summed E-state index contributed by atoms with van der Waals surface area (Å²) in [6.45, 7) is 0.732.